The normalized spacial score (nSPS) is 10.1. The summed E-state index contributed by atoms with van der Waals surface area (Å²) in [5, 5.41) is 1.03. The maximum absolute atomic E-state index is 10.9. The van der Waals surface area contributed by atoms with Crippen LogP contribution in [0.3, 0.4) is 0 Å². The third kappa shape index (κ3) is 1.34. The molecule has 1 aromatic heterocycles. The summed E-state index contributed by atoms with van der Waals surface area (Å²) in [6.45, 7) is 1.80. The summed E-state index contributed by atoms with van der Waals surface area (Å²) in [4.78, 5) is 13.6. The number of aromatic amines is 1. The van der Waals surface area contributed by atoms with E-state index < -0.39 is 0 Å². The number of H-pyrrole nitrogens is 1. The summed E-state index contributed by atoms with van der Waals surface area (Å²) < 4.78 is 1.02. The predicted molar refractivity (Wildman–Crippen MR) is 53.6 cm³/mol. The van der Waals surface area contributed by atoms with E-state index in [9.17, 15) is 4.79 Å². The molecule has 0 aliphatic heterocycles. The Morgan fingerprint density at radius 2 is 2.25 bits per heavy atom. The molecule has 0 atom stereocenters. The number of hydrogen-bond acceptors (Lipinski definition) is 1. The van der Waals surface area contributed by atoms with Gasteiger partial charge in [-0.05, 0) is 0 Å². The Kier molecular flexibility index (Phi) is 1.85. The van der Waals surface area contributed by atoms with E-state index in [0.29, 0.717) is 0 Å². The van der Waals surface area contributed by atoms with Crippen molar-refractivity contribution in [2.75, 3.05) is 0 Å². The molecule has 0 bridgehead atoms. The van der Waals surface area contributed by atoms with E-state index in [4.69, 9.17) is 0 Å². The van der Waals surface area contributed by atoms with E-state index in [0.717, 1.165) is 15.3 Å². The number of benzene rings is 1. The molecule has 0 fully saturated rings. The van der Waals surface area contributed by atoms with Gasteiger partial charge in [-0.15, -0.1) is 0 Å². The predicted octanol–water partition coefficient (Wildman–Crippen LogP) is 1.63. The van der Waals surface area contributed by atoms with E-state index >= 15 is 0 Å². The molecule has 12 heavy (non-hydrogen) atoms. The molecule has 58 valence electrons. The van der Waals surface area contributed by atoms with Gasteiger partial charge in [0, 0.05) is 0 Å². The SMILES string of the molecule is O=c1cbc2cc(Br)ccc2[nH]1. The van der Waals surface area contributed by atoms with Crippen LogP contribution in [0, 0.1) is 0 Å². The second kappa shape index (κ2) is 2.86. The zero-order valence-corrected chi connectivity index (χ0v) is 7.76. The Morgan fingerprint density at radius 3 is 3.08 bits per heavy atom. The maximum atomic E-state index is 10.9. The van der Waals surface area contributed by atoms with Crippen molar-refractivity contribution in [1.29, 1.82) is 0 Å². The zero-order chi connectivity index (χ0) is 8.55. The van der Waals surface area contributed by atoms with E-state index in [-0.39, 0.29) is 5.56 Å². The molecule has 0 saturated heterocycles. The first-order valence-corrected chi connectivity index (χ1v) is 4.33. The molecule has 0 amide bonds. The number of hydrogen-bond donors (Lipinski definition) is 1. The Bertz CT molecular complexity index is 480. The second-order valence-corrected chi connectivity index (χ2v) is 3.47. The summed E-state index contributed by atoms with van der Waals surface area (Å²) in [7, 11) is 0. The van der Waals surface area contributed by atoms with Gasteiger partial charge in [-0.1, -0.05) is 0 Å². The van der Waals surface area contributed by atoms with Gasteiger partial charge in [0.15, 0.2) is 0 Å². The first-order valence-electron chi connectivity index (χ1n) is 3.54. The van der Waals surface area contributed by atoms with Crippen LogP contribution in [0.5, 0.6) is 0 Å². The molecule has 2 nitrogen and oxygen atoms in total. The fraction of sp³-hybridized carbons (Fsp3) is 0. The van der Waals surface area contributed by atoms with E-state index in [1.165, 1.54) is 5.96 Å². The van der Waals surface area contributed by atoms with Crippen LogP contribution >= 0.6 is 15.9 Å². The van der Waals surface area contributed by atoms with Crippen LogP contribution in [-0.4, -0.2) is 11.9 Å². The molecule has 4 heteroatoms. The van der Waals surface area contributed by atoms with Crippen molar-refractivity contribution in [3.05, 3.63) is 39.0 Å². The fourth-order valence-corrected chi connectivity index (χ4v) is 1.50. The third-order valence-electron chi connectivity index (χ3n) is 1.69. The molecule has 0 spiro atoms. The minimum absolute atomic E-state index is 0.0650. The molecule has 0 aliphatic carbocycles. The van der Waals surface area contributed by atoms with Gasteiger partial charge < -0.3 is 0 Å². The quantitative estimate of drug-likeness (QED) is 0.721. The molecule has 1 heterocycles. The van der Waals surface area contributed by atoms with Crippen LogP contribution in [-0.2, 0) is 0 Å². The average molecular weight is 222 g/mol. The fourth-order valence-electron chi connectivity index (χ4n) is 1.13. The number of halogens is 1. The van der Waals surface area contributed by atoms with Gasteiger partial charge in [0.2, 0.25) is 0 Å². The van der Waals surface area contributed by atoms with Gasteiger partial charge in [-0.3, -0.25) is 0 Å². The van der Waals surface area contributed by atoms with Crippen molar-refractivity contribution in [1.82, 2.24) is 4.98 Å². The van der Waals surface area contributed by atoms with Crippen LogP contribution in [0.4, 0.5) is 0 Å². The first-order chi connectivity index (χ1) is 5.75. The average Bonchev–Trinajstić information content (AvgIpc) is 2.05. The Labute approximate surface area is 78.0 Å². The molecule has 1 N–H and O–H groups in total. The number of aromatic nitrogens is 1. The molecule has 0 unspecified atom stereocenters. The topological polar surface area (TPSA) is 32.9 Å². The van der Waals surface area contributed by atoms with Gasteiger partial charge in [0.05, 0.1) is 0 Å². The van der Waals surface area contributed by atoms with Crippen LogP contribution in [0.1, 0.15) is 0 Å². The second-order valence-electron chi connectivity index (χ2n) is 2.55. The Morgan fingerprint density at radius 1 is 1.42 bits per heavy atom. The number of nitrogens with one attached hydrogen (secondary N) is 1. The van der Waals surface area contributed by atoms with Crippen LogP contribution in [0.2, 0.25) is 0 Å². The minimum atomic E-state index is -0.0650. The van der Waals surface area contributed by atoms with Crippen molar-refractivity contribution in [3.8, 4) is 0 Å². The van der Waals surface area contributed by atoms with Crippen molar-refractivity contribution in [2.24, 2.45) is 0 Å². The van der Waals surface area contributed by atoms with Crippen molar-refractivity contribution in [3.63, 3.8) is 0 Å². The molecule has 0 radical (unpaired) electrons. The van der Waals surface area contributed by atoms with Gasteiger partial charge in [-0.2, -0.15) is 0 Å². The Balaban J connectivity index is 2.87. The molecule has 1 aromatic carbocycles. The monoisotopic (exact) mass is 221 g/mol. The third-order valence-corrected chi connectivity index (χ3v) is 2.18. The van der Waals surface area contributed by atoms with Gasteiger partial charge in [0.25, 0.3) is 0 Å². The van der Waals surface area contributed by atoms with Crippen molar-refractivity contribution < 1.29 is 0 Å². The van der Waals surface area contributed by atoms with E-state index in [2.05, 4.69) is 20.9 Å². The van der Waals surface area contributed by atoms with Crippen molar-refractivity contribution in [2.45, 2.75) is 0 Å². The molecular weight excluding hydrogens is 217 g/mol. The van der Waals surface area contributed by atoms with Crippen LogP contribution in [0.25, 0.3) is 10.8 Å². The molecule has 2 aromatic rings. The van der Waals surface area contributed by atoms with E-state index in [1.54, 1.807) is 6.91 Å². The summed E-state index contributed by atoms with van der Waals surface area (Å²) in [5.41, 5.74) is 0.801. The standard InChI is InChI=1S/C8H5BBrNO/c10-5-1-2-7-6(3-5)9-4-8(12)11-7/h1-4H,(H,11,12). The van der Waals surface area contributed by atoms with E-state index in [1.807, 2.05) is 18.2 Å². The molecule has 0 saturated carbocycles. The van der Waals surface area contributed by atoms with Gasteiger partial charge in [-0.25, -0.2) is 0 Å². The molecule has 0 aliphatic rings. The summed E-state index contributed by atoms with van der Waals surface area (Å²) in [6.07, 6.45) is 0. The van der Waals surface area contributed by atoms with Crippen LogP contribution in [0.15, 0.2) is 33.4 Å². The van der Waals surface area contributed by atoms with Gasteiger partial charge >= 0.3 is 77.6 Å². The summed E-state index contributed by atoms with van der Waals surface area (Å²) >= 11 is 3.36. The first kappa shape index (κ1) is 7.74. The summed E-state index contributed by atoms with van der Waals surface area (Å²) in [6, 6.07) is 5.74. The Hall–Kier alpha value is -0.895. The molecule has 2 rings (SSSR count). The molecular formula is C8H5BBrNO. The van der Waals surface area contributed by atoms with Crippen molar-refractivity contribution >= 4 is 33.6 Å². The van der Waals surface area contributed by atoms with Crippen LogP contribution < -0.4 is 5.56 Å². The number of rotatable bonds is 0. The summed E-state index contributed by atoms with van der Waals surface area (Å²) in [5.74, 6) is 1.52. The zero-order valence-electron chi connectivity index (χ0n) is 6.17. The number of fused-ring (bicyclic) bond motifs is 1. The van der Waals surface area contributed by atoms with Gasteiger partial charge in [0.1, 0.15) is 0 Å².